The normalized spacial score (nSPS) is 16.2. The van der Waals surface area contributed by atoms with Gasteiger partial charge in [-0.3, -0.25) is 9.67 Å². The first-order valence-electron chi connectivity index (χ1n) is 7.31. The molecule has 7 heteroatoms. The Labute approximate surface area is 128 Å². The van der Waals surface area contributed by atoms with E-state index in [1.165, 1.54) is 31.7 Å². The summed E-state index contributed by atoms with van der Waals surface area (Å²) in [5.74, 6) is 0.724. The zero-order valence-corrected chi connectivity index (χ0v) is 12.7. The Morgan fingerprint density at radius 1 is 1.29 bits per heavy atom. The third-order valence-electron chi connectivity index (χ3n) is 3.88. The van der Waals surface area contributed by atoms with E-state index in [0.717, 1.165) is 42.3 Å². The lowest BCUT2D eigenvalue weighted by Gasteiger charge is -2.26. The van der Waals surface area contributed by atoms with Crippen LogP contribution in [0.4, 0.5) is 0 Å². The quantitative estimate of drug-likeness (QED) is 0.531. The lowest BCUT2D eigenvalue weighted by atomic mass is 10.1. The molecule has 0 aromatic carbocycles. The highest BCUT2D eigenvalue weighted by Gasteiger charge is 2.14. The number of H-pyrrole nitrogens is 1. The molecule has 1 saturated heterocycles. The average molecular weight is 305 g/mol. The van der Waals surface area contributed by atoms with Crippen LogP contribution in [0, 0.1) is 9.98 Å². The van der Waals surface area contributed by atoms with E-state index < -0.39 is 0 Å². The van der Waals surface area contributed by atoms with E-state index in [-0.39, 0.29) is 0 Å². The van der Waals surface area contributed by atoms with E-state index in [2.05, 4.69) is 15.1 Å². The van der Waals surface area contributed by atoms with Crippen LogP contribution in [-0.4, -0.2) is 39.3 Å². The molecular formula is C14H19N5OS. The topological polar surface area (TPSA) is 63.8 Å². The Balaban J connectivity index is 1.78. The fraction of sp³-hybridized carbons (Fsp3) is 0.500. The monoisotopic (exact) mass is 305 g/mol. The maximum atomic E-state index is 11.4. The zero-order chi connectivity index (χ0) is 14.7. The van der Waals surface area contributed by atoms with Gasteiger partial charge in [0.15, 0.2) is 23.0 Å². The molecule has 0 spiro atoms. The number of nitrogens with one attached hydrogen (secondary N) is 1. The summed E-state index contributed by atoms with van der Waals surface area (Å²) in [6, 6.07) is 3.59. The highest BCUT2D eigenvalue weighted by molar-refractivity contribution is 7.71. The summed E-state index contributed by atoms with van der Waals surface area (Å²) < 4.78 is 3.35. The summed E-state index contributed by atoms with van der Waals surface area (Å²) in [6.45, 7) is 4.07. The third-order valence-corrected chi connectivity index (χ3v) is 4.19. The first-order valence-corrected chi connectivity index (χ1v) is 7.71. The lowest BCUT2D eigenvalue weighted by Crippen LogP contribution is -2.32. The Kier molecular flexibility index (Phi) is 4.31. The van der Waals surface area contributed by atoms with Gasteiger partial charge < -0.3 is 10.1 Å². The van der Waals surface area contributed by atoms with Crippen molar-refractivity contribution in [3.63, 3.8) is 0 Å². The van der Waals surface area contributed by atoms with Crippen molar-refractivity contribution in [1.82, 2.24) is 19.7 Å². The molecule has 0 saturated carbocycles. The van der Waals surface area contributed by atoms with Crippen LogP contribution in [0.2, 0.25) is 0 Å². The molecule has 2 aromatic rings. The number of piperidine rings is 1. The number of aromatic amines is 1. The van der Waals surface area contributed by atoms with Crippen molar-refractivity contribution in [2.45, 2.75) is 25.8 Å². The molecule has 0 unspecified atom stereocenters. The molecule has 0 bridgehead atoms. The summed E-state index contributed by atoms with van der Waals surface area (Å²) in [6.07, 6.45) is 6.86. The predicted octanol–water partition coefficient (Wildman–Crippen LogP) is 1.73. The number of hydrogen-bond acceptors (Lipinski definition) is 4. The van der Waals surface area contributed by atoms with Gasteiger partial charge in [0, 0.05) is 19.2 Å². The van der Waals surface area contributed by atoms with Crippen LogP contribution in [0.25, 0.3) is 11.4 Å². The minimum Gasteiger partial charge on any atom is -0.619 e. The van der Waals surface area contributed by atoms with Crippen LogP contribution in [0.15, 0.2) is 24.5 Å². The Bertz CT molecular complexity index is 659. The first kappa shape index (κ1) is 14.2. The second kappa shape index (κ2) is 6.36. The molecule has 6 nitrogen and oxygen atoms in total. The van der Waals surface area contributed by atoms with Crippen molar-refractivity contribution in [3.05, 3.63) is 34.5 Å². The highest BCUT2D eigenvalue weighted by Crippen LogP contribution is 2.16. The van der Waals surface area contributed by atoms with Gasteiger partial charge in [0.2, 0.25) is 0 Å². The highest BCUT2D eigenvalue weighted by atomic mass is 32.1. The summed E-state index contributed by atoms with van der Waals surface area (Å²) in [7, 11) is 0. The lowest BCUT2D eigenvalue weighted by molar-refractivity contribution is -0.604. The standard InChI is InChI=1S/C14H19N5OS/c20-18-8-4-5-12(11-18)13-15-16-14(21)19(13)10-9-17-6-2-1-3-7-17/h4-5,8,11H,1-3,6-7,9-10H2,(H,16,21). The van der Waals surface area contributed by atoms with Crippen LogP contribution >= 0.6 is 12.2 Å². The minimum absolute atomic E-state index is 0.600. The molecule has 3 rings (SSSR count). The number of likely N-dealkylation sites (tertiary alicyclic amines) is 1. The number of nitrogens with zero attached hydrogens (tertiary/aromatic N) is 4. The van der Waals surface area contributed by atoms with Gasteiger partial charge in [-0.15, -0.1) is 0 Å². The van der Waals surface area contributed by atoms with Gasteiger partial charge >= 0.3 is 0 Å². The second-order valence-electron chi connectivity index (χ2n) is 5.36. The van der Waals surface area contributed by atoms with E-state index in [1.807, 2.05) is 10.6 Å². The number of pyridine rings is 1. The van der Waals surface area contributed by atoms with Crippen molar-refractivity contribution in [1.29, 1.82) is 0 Å². The van der Waals surface area contributed by atoms with Crippen LogP contribution in [0.1, 0.15) is 19.3 Å². The van der Waals surface area contributed by atoms with E-state index in [9.17, 15) is 5.21 Å². The van der Waals surface area contributed by atoms with Crippen LogP contribution in [0.3, 0.4) is 0 Å². The summed E-state index contributed by atoms with van der Waals surface area (Å²) >= 11 is 5.31. The first-order chi connectivity index (χ1) is 10.2. The van der Waals surface area contributed by atoms with Gasteiger partial charge in [-0.05, 0) is 44.2 Å². The molecule has 3 heterocycles. The third kappa shape index (κ3) is 3.30. The molecule has 0 aliphatic carbocycles. The smallest absolute Gasteiger partial charge is 0.195 e. The van der Waals surface area contributed by atoms with Gasteiger partial charge in [-0.1, -0.05) is 6.42 Å². The van der Waals surface area contributed by atoms with Gasteiger partial charge in [-0.2, -0.15) is 9.83 Å². The average Bonchev–Trinajstić information content (AvgIpc) is 2.87. The molecule has 1 aliphatic rings. The Morgan fingerprint density at radius 3 is 2.86 bits per heavy atom. The van der Waals surface area contributed by atoms with Crippen LogP contribution < -0.4 is 4.73 Å². The maximum Gasteiger partial charge on any atom is 0.195 e. The van der Waals surface area contributed by atoms with Gasteiger partial charge in [0.1, 0.15) is 0 Å². The largest absolute Gasteiger partial charge is 0.619 e. The predicted molar refractivity (Wildman–Crippen MR) is 82.1 cm³/mol. The summed E-state index contributed by atoms with van der Waals surface area (Å²) in [5.41, 5.74) is 0.776. The Hall–Kier alpha value is -1.73. The van der Waals surface area contributed by atoms with E-state index in [1.54, 1.807) is 6.07 Å². The van der Waals surface area contributed by atoms with Crippen molar-refractivity contribution in [2.24, 2.45) is 0 Å². The van der Waals surface area contributed by atoms with Crippen LogP contribution in [0.5, 0.6) is 0 Å². The number of hydrogen-bond donors (Lipinski definition) is 1. The second-order valence-corrected chi connectivity index (χ2v) is 5.75. The minimum atomic E-state index is 0.600. The molecule has 1 aliphatic heterocycles. The number of rotatable bonds is 4. The maximum absolute atomic E-state index is 11.4. The van der Waals surface area contributed by atoms with Crippen molar-refractivity contribution in [3.8, 4) is 11.4 Å². The van der Waals surface area contributed by atoms with E-state index >= 15 is 0 Å². The molecule has 0 amide bonds. The van der Waals surface area contributed by atoms with Crippen molar-refractivity contribution in [2.75, 3.05) is 19.6 Å². The summed E-state index contributed by atoms with van der Waals surface area (Å²) in [5, 5.41) is 18.5. The van der Waals surface area contributed by atoms with Gasteiger partial charge in [0.25, 0.3) is 0 Å². The van der Waals surface area contributed by atoms with E-state index in [4.69, 9.17) is 12.2 Å². The molecule has 1 fully saturated rings. The van der Waals surface area contributed by atoms with Crippen molar-refractivity contribution < 1.29 is 4.73 Å². The molecule has 1 N–H and O–H groups in total. The molecule has 0 radical (unpaired) electrons. The van der Waals surface area contributed by atoms with Crippen LogP contribution in [-0.2, 0) is 6.54 Å². The van der Waals surface area contributed by atoms with Gasteiger partial charge in [0.05, 0.1) is 5.56 Å². The summed E-state index contributed by atoms with van der Waals surface area (Å²) in [4.78, 5) is 2.46. The number of aromatic nitrogens is 4. The fourth-order valence-electron chi connectivity index (χ4n) is 2.76. The molecule has 0 atom stereocenters. The van der Waals surface area contributed by atoms with Crippen molar-refractivity contribution >= 4 is 12.2 Å². The fourth-order valence-corrected chi connectivity index (χ4v) is 2.98. The zero-order valence-electron chi connectivity index (χ0n) is 11.9. The SMILES string of the molecule is [O-][n+]1cccc(-c2n[nH]c(=S)n2CCN2CCCCC2)c1. The molecular weight excluding hydrogens is 286 g/mol. The van der Waals surface area contributed by atoms with E-state index in [0.29, 0.717) is 4.77 Å². The molecule has 112 valence electrons. The Morgan fingerprint density at radius 2 is 2.10 bits per heavy atom. The molecule has 2 aromatic heterocycles. The molecule has 21 heavy (non-hydrogen) atoms. The van der Waals surface area contributed by atoms with Gasteiger partial charge in [-0.25, -0.2) is 0 Å².